The Morgan fingerprint density at radius 2 is 2.00 bits per heavy atom. The van der Waals surface area contributed by atoms with Crippen LogP contribution in [-0.4, -0.2) is 44.0 Å². The van der Waals surface area contributed by atoms with E-state index in [1.165, 1.54) is 36.1 Å². The molecular weight excluding hydrogens is 406 g/mol. The number of likely N-dealkylation sites (tertiary alicyclic amines) is 1. The Bertz CT molecular complexity index is 814. The number of hydrogen-bond donors (Lipinski definition) is 1. The number of amides is 1. The van der Waals surface area contributed by atoms with E-state index in [1.54, 1.807) is 12.1 Å². The highest BCUT2D eigenvalue weighted by Gasteiger charge is 2.25. The smallest absolute Gasteiger partial charge is 0.287 e. The molecule has 1 fully saturated rings. The van der Waals surface area contributed by atoms with Gasteiger partial charge in [-0.25, -0.2) is 0 Å². The molecule has 1 aromatic carbocycles. The van der Waals surface area contributed by atoms with E-state index in [-0.39, 0.29) is 11.9 Å². The molecule has 0 saturated carbocycles. The average molecular weight is 432 g/mol. The summed E-state index contributed by atoms with van der Waals surface area (Å²) in [4.78, 5) is 17.3. The van der Waals surface area contributed by atoms with Crippen LogP contribution in [0.25, 0.3) is 0 Å². The van der Waals surface area contributed by atoms with E-state index in [0.717, 1.165) is 26.1 Å². The van der Waals surface area contributed by atoms with Crippen molar-refractivity contribution in [3.8, 4) is 0 Å². The van der Waals surface area contributed by atoms with Gasteiger partial charge in [0.15, 0.2) is 10.4 Å². The number of furan rings is 1. The van der Waals surface area contributed by atoms with Gasteiger partial charge in [-0.05, 0) is 77.6 Å². The van der Waals surface area contributed by atoms with Gasteiger partial charge < -0.3 is 14.6 Å². The maximum absolute atomic E-state index is 12.5. The molecule has 1 atom stereocenters. The lowest BCUT2D eigenvalue weighted by Gasteiger charge is -2.35. The largest absolute Gasteiger partial charge is 0.444 e. The number of fused-ring (bicyclic) bond motifs is 1. The Morgan fingerprint density at radius 1 is 1.19 bits per heavy atom. The number of likely N-dealkylation sites (N-methyl/N-ethyl adjacent to an activating group) is 1. The van der Waals surface area contributed by atoms with Crippen molar-refractivity contribution in [2.24, 2.45) is 0 Å². The first kappa shape index (κ1) is 18.6. The van der Waals surface area contributed by atoms with E-state index in [9.17, 15) is 4.79 Å². The van der Waals surface area contributed by atoms with Crippen LogP contribution >= 0.6 is 15.9 Å². The molecule has 0 spiro atoms. The molecule has 2 aliphatic rings. The lowest BCUT2D eigenvalue weighted by molar-refractivity contribution is 0.0896. The van der Waals surface area contributed by atoms with Crippen molar-refractivity contribution in [2.75, 3.05) is 38.1 Å². The van der Waals surface area contributed by atoms with Crippen molar-refractivity contribution in [1.29, 1.82) is 0 Å². The van der Waals surface area contributed by atoms with E-state index in [2.05, 4.69) is 56.3 Å². The summed E-state index contributed by atoms with van der Waals surface area (Å²) >= 11 is 3.25. The van der Waals surface area contributed by atoms with Crippen molar-refractivity contribution < 1.29 is 9.21 Å². The Kier molecular flexibility index (Phi) is 5.55. The molecule has 0 radical (unpaired) electrons. The SMILES string of the molecule is CN1CCc2cc([C@@H](CNC(=O)c3ccc(Br)o3)N3CCCCC3)ccc21. The molecule has 4 rings (SSSR count). The molecule has 2 aromatic rings. The Hall–Kier alpha value is -1.79. The van der Waals surface area contributed by atoms with Crippen LogP contribution in [0.1, 0.15) is 47.0 Å². The maximum atomic E-state index is 12.5. The second-order valence-corrected chi connectivity index (χ2v) is 8.27. The first-order valence-corrected chi connectivity index (χ1v) is 10.5. The fourth-order valence-corrected chi connectivity index (χ4v) is 4.50. The first-order valence-electron chi connectivity index (χ1n) is 9.73. The van der Waals surface area contributed by atoms with Gasteiger partial charge in [0.1, 0.15) is 0 Å². The van der Waals surface area contributed by atoms with Crippen molar-refractivity contribution in [3.63, 3.8) is 0 Å². The molecule has 3 heterocycles. The Morgan fingerprint density at radius 3 is 2.74 bits per heavy atom. The van der Waals surface area contributed by atoms with Crippen LogP contribution in [0.3, 0.4) is 0 Å². The summed E-state index contributed by atoms with van der Waals surface area (Å²) in [7, 11) is 2.15. The highest BCUT2D eigenvalue weighted by Crippen LogP contribution is 2.32. The molecule has 0 unspecified atom stereocenters. The number of benzene rings is 1. The van der Waals surface area contributed by atoms with Gasteiger partial charge in [-0.3, -0.25) is 9.69 Å². The number of piperidine rings is 1. The minimum absolute atomic E-state index is 0.163. The lowest BCUT2D eigenvalue weighted by Crippen LogP contribution is -2.40. The fourth-order valence-electron chi connectivity index (χ4n) is 4.19. The number of carbonyl (C=O) groups is 1. The zero-order valence-electron chi connectivity index (χ0n) is 15.7. The van der Waals surface area contributed by atoms with Crippen LogP contribution in [0, 0.1) is 0 Å². The Labute approximate surface area is 168 Å². The van der Waals surface area contributed by atoms with E-state index in [1.807, 2.05) is 0 Å². The van der Waals surface area contributed by atoms with Gasteiger partial charge in [-0.1, -0.05) is 18.6 Å². The molecular formula is C21H26BrN3O2. The quantitative estimate of drug-likeness (QED) is 0.777. The normalized spacial score (nSPS) is 18.4. The van der Waals surface area contributed by atoms with Gasteiger partial charge in [0.25, 0.3) is 5.91 Å². The fraction of sp³-hybridized carbons (Fsp3) is 0.476. The topological polar surface area (TPSA) is 48.7 Å². The summed E-state index contributed by atoms with van der Waals surface area (Å²) < 4.78 is 5.96. The molecule has 6 heteroatoms. The predicted octanol–water partition coefficient (Wildman–Crippen LogP) is 3.99. The number of carbonyl (C=O) groups excluding carboxylic acids is 1. The lowest BCUT2D eigenvalue weighted by atomic mass is 9.98. The van der Waals surface area contributed by atoms with Gasteiger partial charge >= 0.3 is 0 Å². The first-order chi connectivity index (χ1) is 13.1. The van der Waals surface area contributed by atoms with E-state index in [0.29, 0.717) is 17.0 Å². The van der Waals surface area contributed by atoms with Crippen LogP contribution in [0.4, 0.5) is 5.69 Å². The number of rotatable bonds is 5. The predicted molar refractivity (Wildman–Crippen MR) is 110 cm³/mol. The molecule has 27 heavy (non-hydrogen) atoms. The highest BCUT2D eigenvalue weighted by atomic mass is 79.9. The van der Waals surface area contributed by atoms with Crippen molar-refractivity contribution in [1.82, 2.24) is 10.2 Å². The van der Waals surface area contributed by atoms with E-state index >= 15 is 0 Å². The molecule has 0 bridgehead atoms. The summed E-state index contributed by atoms with van der Waals surface area (Å²) in [6.07, 6.45) is 4.84. The third-order valence-corrected chi connectivity index (χ3v) is 6.13. The minimum atomic E-state index is -0.163. The van der Waals surface area contributed by atoms with Gasteiger partial charge in [-0.15, -0.1) is 0 Å². The van der Waals surface area contributed by atoms with Gasteiger partial charge in [-0.2, -0.15) is 0 Å². The van der Waals surface area contributed by atoms with Crippen LogP contribution in [0.5, 0.6) is 0 Å². The third kappa shape index (κ3) is 4.06. The zero-order valence-corrected chi connectivity index (χ0v) is 17.3. The second kappa shape index (κ2) is 8.07. The van der Waals surface area contributed by atoms with E-state index in [4.69, 9.17) is 4.42 Å². The maximum Gasteiger partial charge on any atom is 0.287 e. The minimum Gasteiger partial charge on any atom is -0.444 e. The highest BCUT2D eigenvalue weighted by molar-refractivity contribution is 9.10. The molecule has 1 N–H and O–H groups in total. The standard InChI is InChI=1S/C21H26BrN3O2/c1-24-12-9-16-13-15(5-6-17(16)24)18(25-10-3-2-4-11-25)14-23-21(26)19-7-8-20(22)27-19/h5-8,13,18H,2-4,9-12,14H2,1H3,(H,23,26)/t18-/m1/s1. The molecule has 144 valence electrons. The number of nitrogens with zero attached hydrogens (tertiary/aromatic N) is 2. The van der Waals surface area contributed by atoms with Gasteiger partial charge in [0.05, 0.1) is 6.04 Å². The zero-order chi connectivity index (χ0) is 18.8. The molecule has 2 aliphatic heterocycles. The number of halogens is 1. The van der Waals surface area contributed by atoms with E-state index < -0.39 is 0 Å². The summed E-state index contributed by atoms with van der Waals surface area (Å²) in [6.45, 7) is 3.84. The number of anilines is 1. The van der Waals surface area contributed by atoms with Gasteiger partial charge in [0, 0.05) is 25.8 Å². The second-order valence-electron chi connectivity index (χ2n) is 7.49. The van der Waals surface area contributed by atoms with Crippen LogP contribution in [0.2, 0.25) is 0 Å². The monoisotopic (exact) mass is 431 g/mol. The molecule has 1 saturated heterocycles. The number of hydrogen-bond acceptors (Lipinski definition) is 4. The summed E-state index contributed by atoms with van der Waals surface area (Å²) in [5.41, 5.74) is 4.05. The van der Waals surface area contributed by atoms with Crippen LogP contribution in [-0.2, 0) is 6.42 Å². The molecule has 1 aromatic heterocycles. The number of nitrogens with one attached hydrogen (secondary N) is 1. The third-order valence-electron chi connectivity index (χ3n) is 5.70. The van der Waals surface area contributed by atoms with Gasteiger partial charge in [0.2, 0.25) is 0 Å². The van der Waals surface area contributed by atoms with Crippen LogP contribution < -0.4 is 10.2 Å². The van der Waals surface area contributed by atoms with Crippen LogP contribution in [0.15, 0.2) is 39.4 Å². The van der Waals surface area contributed by atoms with Crippen molar-refractivity contribution in [2.45, 2.75) is 31.7 Å². The molecule has 0 aliphatic carbocycles. The summed E-state index contributed by atoms with van der Waals surface area (Å²) in [5, 5.41) is 3.08. The summed E-state index contributed by atoms with van der Waals surface area (Å²) in [6, 6.07) is 10.4. The average Bonchev–Trinajstić information content (AvgIpc) is 3.29. The molecule has 1 amide bonds. The van der Waals surface area contributed by atoms with Crippen molar-refractivity contribution >= 4 is 27.5 Å². The Balaban J connectivity index is 1.53. The summed E-state index contributed by atoms with van der Waals surface area (Å²) in [5.74, 6) is 0.179. The molecule has 5 nitrogen and oxygen atoms in total. The van der Waals surface area contributed by atoms with Crippen molar-refractivity contribution in [3.05, 3.63) is 51.9 Å².